The summed E-state index contributed by atoms with van der Waals surface area (Å²) >= 11 is 12.4. The highest BCUT2D eigenvalue weighted by Gasteiger charge is 2.20. The molecule has 0 spiro atoms. The average Bonchev–Trinajstić information content (AvgIpc) is 2.63. The van der Waals surface area contributed by atoms with E-state index < -0.39 is 38.2 Å². The summed E-state index contributed by atoms with van der Waals surface area (Å²) < 4.78 is 59.1. The number of amides is 1. The lowest BCUT2D eigenvalue weighted by Gasteiger charge is -2.18. The summed E-state index contributed by atoms with van der Waals surface area (Å²) in [6, 6.07) is 7.68. The fourth-order valence-corrected chi connectivity index (χ4v) is 2.76. The van der Waals surface area contributed by atoms with Crippen LogP contribution in [-0.4, -0.2) is 17.6 Å². The van der Waals surface area contributed by atoms with E-state index in [1.54, 1.807) is 0 Å². The maximum Gasteiger partial charge on any atom is 0.255 e. The van der Waals surface area contributed by atoms with Crippen LogP contribution in [-0.2, 0) is 4.79 Å². The van der Waals surface area contributed by atoms with Gasteiger partial charge in [-0.05, 0) is 29.2 Å². The molecule has 0 radical (unpaired) electrons. The monoisotopic (exact) mass is 374 g/mol. The van der Waals surface area contributed by atoms with E-state index in [1.807, 2.05) is 0 Å². The molecule has 0 heterocycles. The van der Waals surface area contributed by atoms with E-state index in [-0.39, 0.29) is 32.5 Å². The quantitative estimate of drug-likeness (QED) is 0.800. The Hall–Kier alpha value is -1.75. The molecule has 1 atom stereocenters. The zero-order valence-electron chi connectivity index (χ0n) is 19.3. The van der Waals surface area contributed by atoms with Gasteiger partial charge in [0, 0.05) is 15.2 Å². The van der Waals surface area contributed by atoms with Crippen molar-refractivity contribution in [2.75, 3.05) is 6.61 Å². The third-order valence-electron chi connectivity index (χ3n) is 3.20. The van der Waals surface area contributed by atoms with Gasteiger partial charge in [-0.3, -0.25) is 4.79 Å². The molecule has 4 nitrogen and oxygen atoms in total. The number of carbonyl (C=O) groups excluding carboxylic acids is 1. The Bertz CT molecular complexity index is 942. The predicted octanol–water partition coefficient (Wildman–Crippen LogP) is 4.06. The number of benzene rings is 2. The molecule has 0 aliphatic heterocycles. The lowest BCUT2D eigenvalue weighted by atomic mass is 9.95. The fraction of sp³-hybridized carbons (Fsp3) is 0.278. The molecule has 0 saturated heterocycles. The first kappa shape index (κ1) is 11.0. The molecular formula is C18H19Cl2NO3. The predicted molar refractivity (Wildman–Crippen MR) is 95.7 cm³/mol. The highest BCUT2D eigenvalue weighted by molar-refractivity contribution is 6.36. The lowest BCUT2D eigenvalue weighted by molar-refractivity contribution is -0.119. The van der Waals surface area contributed by atoms with E-state index in [0.717, 1.165) is 6.07 Å². The molecule has 24 heavy (non-hydrogen) atoms. The number of ether oxygens (including phenoxy) is 1. The van der Waals surface area contributed by atoms with Gasteiger partial charge in [0.25, 0.3) is 5.91 Å². The van der Waals surface area contributed by atoms with Crippen LogP contribution in [0.4, 0.5) is 0 Å². The summed E-state index contributed by atoms with van der Waals surface area (Å²) in [6.07, 6.45) is -1.47. The minimum atomic E-state index is -3.17. The van der Waals surface area contributed by atoms with Gasteiger partial charge in [-0.2, -0.15) is 0 Å². The molecule has 128 valence electrons. The van der Waals surface area contributed by atoms with E-state index in [4.69, 9.17) is 43.3 Å². The van der Waals surface area contributed by atoms with Crippen LogP contribution in [0.3, 0.4) is 0 Å². The number of primary amides is 1. The van der Waals surface area contributed by atoms with Gasteiger partial charge in [0.1, 0.15) is 11.9 Å². The molecule has 0 saturated carbocycles. The van der Waals surface area contributed by atoms with Crippen LogP contribution in [0.15, 0.2) is 36.4 Å². The Morgan fingerprint density at radius 2 is 1.92 bits per heavy atom. The zero-order valence-corrected chi connectivity index (χ0v) is 13.9. The van der Waals surface area contributed by atoms with E-state index in [2.05, 4.69) is 0 Å². The van der Waals surface area contributed by atoms with Crippen molar-refractivity contribution in [2.24, 2.45) is 5.73 Å². The van der Waals surface area contributed by atoms with Crippen molar-refractivity contribution < 1.29 is 24.2 Å². The lowest BCUT2D eigenvalue weighted by Crippen LogP contribution is -2.20. The van der Waals surface area contributed by atoms with Gasteiger partial charge >= 0.3 is 0 Å². The SMILES string of the molecule is [2H]C([2H])([2H])C([2H])(c1cccc(C(O)c2c(Cl)cc(OCC(N)=O)cc2Cl)c1)C([2H])([2H])[2H]. The third kappa shape index (κ3) is 4.41. The van der Waals surface area contributed by atoms with Crippen LogP contribution >= 0.6 is 23.2 Å². The van der Waals surface area contributed by atoms with Crippen molar-refractivity contribution in [3.05, 3.63) is 63.1 Å². The minimum Gasteiger partial charge on any atom is -0.484 e. The van der Waals surface area contributed by atoms with Gasteiger partial charge in [-0.15, -0.1) is 0 Å². The van der Waals surface area contributed by atoms with Gasteiger partial charge in [-0.25, -0.2) is 0 Å². The molecular weight excluding hydrogens is 349 g/mol. The number of nitrogens with two attached hydrogens (primary N) is 1. The summed E-state index contributed by atoms with van der Waals surface area (Å²) in [4.78, 5) is 10.9. The highest BCUT2D eigenvalue weighted by Crippen LogP contribution is 2.37. The fourth-order valence-electron chi connectivity index (χ4n) is 2.09. The van der Waals surface area contributed by atoms with Crippen molar-refractivity contribution in [3.63, 3.8) is 0 Å². The maximum absolute atomic E-state index is 10.9. The van der Waals surface area contributed by atoms with Crippen molar-refractivity contribution in [3.8, 4) is 5.75 Å². The molecule has 0 bridgehead atoms. The number of carbonyl (C=O) groups is 1. The molecule has 0 fully saturated rings. The van der Waals surface area contributed by atoms with Gasteiger partial charge in [0.05, 0.1) is 10.0 Å². The second-order valence-corrected chi connectivity index (χ2v) is 5.77. The van der Waals surface area contributed by atoms with Crippen LogP contribution < -0.4 is 10.5 Å². The van der Waals surface area contributed by atoms with Crippen LogP contribution in [0, 0.1) is 0 Å². The topological polar surface area (TPSA) is 72.6 Å². The summed E-state index contributed by atoms with van der Waals surface area (Å²) in [5.74, 6) is -3.50. The molecule has 1 unspecified atom stereocenters. The number of hydrogen-bond acceptors (Lipinski definition) is 3. The first-order valence-electron chi connectivity index (χ1n) is 10.3. The largest absolute Gasteiger partial charge is 0.484 e. The summed E-state index contributed by atoms with van der Waals surface area (Å²) in [5, 5.41) is 10.8. The molecule has 2 aromatic rings. The smallest absolute Gasteiger partial charge is 0.255 e. The Labute approximate surface area is 161 Å². The molecule has 0 aliphatic carbocycles. The minimum absolute atomic E-state index is 0.0198. The standard InChI is InChI=1S/C18H19Cl2NO3/c1-10(2)11-4-3-5-12(6-11)18(23)17-14(19)7-13(8-15(17)20)24-9-16(21)22/h3-8,10,18,23H,9H2,1-2H3,(H2,21,22)/i1D3,2D3,10D. The number of hydrogen-bond donors (Lipinski definition) is 2. The zero-order chi connectivity index (χ0) is 23.8. The second-order valence-electron chi connectivity index (χ2n) is 4.96. The average molecular weight is 375 g/mol. The van der Waals surface area contributed by atoms with Gasteiger partial charge < -0.3 is 15.6 Å². The molecule has 2 aromatic carbocycles. The number of halogens is 2. The van der Waals surface area contributed by atoms with Crippen LogP contribution in [0.25, 0.3) is 0 Å². The van der Waals surface area contributed by atoms with E-state index in [0.29, 0.717) is 0 Å². The summed E-state index contributed by atoms with van der Waals surface area (Å²) in [7, 11) is 0. The van der Waals surface area contributed by atoms with E-state index >= 15 is 0 Å². The van der Waals surface area contributed by atoms with Crippen molar-refractivity contribution in [1.29, 1.82) is 0 Å². The van der Waals surface area contributed by atoms with Crippen LogP contribution in [0.5, 0.6) is 5.75 Å². The van der Waals surface area contributed by atoms with Crippen molar-refractivity contribution >= 4 is 29.1 Å². The molecule has 3 N–H and O–H groups in total. The van der Waals surface area contributed by atoms with Gasteiger partial charge in [0.2, 0.25) is 0 Å². The summed E-state index contributed by atoms with van der Waals surface area (Å²) in [5.41, 5.74) is 4.82. The van der Waals surface area contributed by atoms with Crippen molar-refractivity contribution in [1.82, 2.24) is 0 Å². The molecule has 0 aromatic heterocycles. The molecule has 6 heteroatoms. The summed E-state index contributed by atoms with van der Waals surface area (Å²) in [6.45, 7) is -6.75. The number of aliphatic hydroxyl groups is 1. The Balaban J connectivity index is 2.51. The van der Waals surface area contributed by atoms with E-state index in [1.165, 1.54) is 30.3 Å². The normalized spacial score (nSPS) is 18.0. The van der Waals surface area contributed by atoms with Gasteiger partial charge in [-0.1, -0.05) is 61.2 Å². The van der Waals surface area contributed by atoms with Crippen LogP contribution in [0.2, 0.25) is 10.0 Å². The molecule has 2 rings (SSSR count). The first-order valence-corrected chi connectivity index (χ1v) is 7.53. The molecule has 0 aliphatic rings. The maximum atomic E-state index is 10.9. The third-order valence-corrected chi connectivity index (χ3v) is 3.82. The Kier molecular flexibility index (Phi) is 3.61. The highest BCUT2D eigenvalue weighted by atomic mass is 35.5. The van der Waals surface area contributed by atoms with E-state index in [9.17, 15) is 9.90 Å². The van der Waals surface area contributed by atoms with Crippen molar-refractivity contribution in [2.45, 2.75) is 25.7 Å². The Morgan fingerprint density at radius 1 is 1.29 bits per heavy atom. The van der Waals surface area contributed by atoms with Gasteiger partial charge in [0.15, 0.2) is 6.61 Å². The number of rotatable bonds is 6. The van der Waals surface area contributed by atoms with Crippen LogP contribution in [0.1, 0.15) is 52.0 Å². The first-order chi connectivity index (χ1) is 14.1. The number of aliphatic hydroxyl groups excluding tert-OH is 1. The second kappa shape index (κ2) is 7.88. The Morgan fingerprint density at radius 3 is 2.50 bits per heavy atom. The molecule has 1 amide bonds.